The second kappa shape index (κ2) is 8.67. The number of ether oxygens (including phenoxy) is 1. The Kier molecular flexibility index (Phi) is 6.06. The van der Waals surface area contributed by atoms with E-state index in [4.69, 9.17) is 10.1 Å². The van der Waals surface area contributed by atoms with E-state index < -0.39 is 0 Å². The maximum atomic E-state index is 11.9. The van der Waals surface area contributed by atoms with Crippen molar-refractivity contribution in [1.29, 1.82) is 5.41 Å². The summed E-state index contributed by atoms with van der Waals surface area (Å²) in [7, 11) is 0. The van der Waals surface area contributed by atoms with Gasteiger partial charge in [-0.15, -0.1) is 11.3 Å². The van der Waals surface area contributed by atoms with Crippen molar-refractivity contribution in [1.82, 2.24) is 4.90 Å². The number of hydrogen-bond acceptors (Lipinski definition) is 4. The minimum atomic E-state index is 0.243. The number of thiophene rings is 1. The first-order chi connectivity index (χ1) is 12.2. The van der Waals surface area contributed by atoms with Gasteiger partial charge in [0.25, 0.3) is 0 Å². The fourth-order valence-corrected chi connectivity index (χ4v) is 3.43. The van der Waals surface area contributed by atoms with E-state index in [1.165, 1.54) is 11.3 Å². The predicted molar refractivity (Wildman–Crippen MR) is 102 cm³/mol. The van der Waals surface area contributed by atoms with Crippen LogP contribution in [0.15, 0.2) is 41.8 Å². The lowest BCUT2D eigenvalue weighted by Gasteiger charge is -2.15. The molecule has 0 radical (unpaired) electrons. The molecule has 2 N–H and O–H groups in total. The Labute approximate surface area is 152 Å². The SMILES string of the molecule is N=C(Nc1ccc(OCCCC(=O)N2CCCC2)cc1)c1cccs1. The van der Waals surface area contributed by atoms with Gasteiger partial charge >= 0.3 is 0 Å². The molecule has 2 heterocycles. The van der Waals surface area contributed by atoms with E-state index in [2.05, 4.69) is 5.32 Å². The highest BCUT2D eigenvalue weighted by molar-refractivity contribution is 7.12. The summed E-state index contributed by atoms with van der Waals surface area (Å²) in [5.74, 6) is 1.42. The number of amides is 1. The van der Waals surface area contributed by atoms with E-state index in [9.17, 15) is 4.79 Å². The van der Waals surface area contributed by atoms with Gasteiger partial charge in [-0.05, 0) is 55.0 Å². The van der Waals surface area contributed by atoms with Crippen molar-refractivity contribution < 1.29 is 9.53 Å². The van der Waals surface area contributed by atoms with Gasteiger partial charge in [0, 0.05) is 25.2 Å². The molecule has 3 rings (SSSR count). The third kappa shape index (κ3) is 5.06. The number of likely N-dealkylation sites (tertiary alicyclic amines) is 1. The van der Waals surface area contributed by atoms with Crippen LogP contribution in [0.1, 0.15) is 30.6 Å². The fourth-order valence-electron chi connectivity index (χ4n) is 2.80. The number of benzene rings is 1. The molecule has 1 aromatic heterocycles. The molecule has 25 heavy (non-hydrogen) atoms. The molecule has 0 atom stereocenters. The molecule has 1 saturated heterocycles. The zero-order valence-electron chi connectivity index (χ0n) is 14.2. The van der Waals surface area contributed by atoms with Crippen molar-refractivity contribution in [3.05, 3.63) is 46.7 Å². The van der Waals surface area contributed by atoms with Crippen LogP contribution in [0.2, 0.25) is 0 Å². The Bertz CT molecular complexity index is 692. The molecule has 1 aliphatic heterocycles. The lowest BCUT2D eigenvalue weighted by atomic mass is 10.2. The maximum Gasteiger partial charge on any atom is 0.222 e. The van der Waals surface area contributed by atoms with Gasteiger partial charge < -0.3 is 15.0 Å². The van der Waals surface area contributed by atoms with Crippen molar-refractivity contribution in [3.8, 4) is 5.75 Å². The second-order valence-electron chi connectivity index (χ2n) is 6.04. The molecular formula is C19H23N3O2S. The van der Waals surface area contributed by atoms with Crippen molar-refractivity contribution >= 4 is 28.8 Å². The lowest BCUT2D eigenvalue weighted by Crippen LogP contribution is -2.27. The minimum Gasteiger partial charge on any atom is -0.494 e. The molecule has 0 bridgehead atoms. The summed E-state index contributed by atoms with van der Waals surface area (Å²) in [4.78, 5) is 14.8. The van der Waals surface area contributed by atoms with Gasteiger partial charge in [0.15, 0.2) is 0 Å². The molecule has 0 aliphatic carbocycles. The zero-order valence-corrected chi connectivity index (χ0v) is 15.0. The number of carbonyl (C=O) groups excluding carboxylic acids is 1. The average molecular weight is 357 g/mol. The molecule has 2 aromatic rings. The number of anilines is 1. The van der Waals surface area contributed by atoms with Gasteiger partial charge in [-0.25, -0.2) is 0 Å². The second-order valence-corrected chi connectivity index (χ2v) is 6.99. The highest BCUT2D eigenvalue weighted by Gasteiger charge is 2.16. The molecule has 132 valence electrons. The predicted octanol–water partition coefficient (Wildman–Crippen LogP) is 3.97. The van der Waals surface area contributed by atoms with Crippen LogP contribution in [0.25, 0.3) is 0 Å². The van der Waals surface area contributed by atoms with E-state index in [0.717, 1.165) is 48.7 Å². The van der Waals surface area contributed by atoms with E-state index in [0.29, 0.717) is 18.9 Å². The molecule has 6 heteroatoms. The molecule has 1 amide bonds. The van der Waals surface area contributed by atoms with Crippen LogP contribution in [-0.2, 0) is 4.79 Å². The number of rotatable bonds is 7. The summed E-state index contributed by atoms with van der Waals surface area (Å²) in [5, 5.41) is 13.0. The first-order valence-corrected chi connectivity index (χ1v) is 9.50. The quantitative estimate of drug-likeness (QED) is 0.448. The number of hydrogen-bond donors (Lipinski definition) is 2. The fraction of sp³-hybridized carbons (Fsp3) is 0.368. The molecule has 5 nitrogen and oxygen atoms in total. The van der Waals surface area contributed by atoms with Crippen LogP contribution in [0.3, 0.4) is 0 Å². The van der Waals surface area contributed by atoms with E-state index in [1.54, 1.807) is 0 Å². The Morgan fingerprint density at radius 2 is 1.96 bits per heavy atom. The third-order valence-electron chi connectivity index (χ3n) is 4.15. The van der Waals surface area contributed by atoms with Crippen LogP contribution in [-0.4, -0.2) is 36.3 Å². The van der Waals surface area contributed by atoms with Gasteiger partial charge in [0.05, 0.1) is 11.5 Å². The summed E-state index contributed by atoms with van der Waals surface area (Å²) in [6.45, 7) is 2.36. The smallest absolute Gasteiger partial charge is 0.222 e. The van der Waals surface area contributed by atoms with E-state index in [1.807, 2.05) is 46.7 Å². The maximum absolute atomic E-state index is 11.9. The summed E-state index contributed by atoms with van der Waals surface area (Å²) < 4.78 is 5.70. The highest BCUT2D eigenvalue weighted by Crippen LogP contribution is 2.18. The average Bonchev–Trinajstić information content (AvgIpc) is 3.33. The van der Waals surface area contributed by atoms with E-state index >= 15 is 0 Å². The summed E-state index contributed by atoms with van der Waals surface area (Å²) in [6.07, 6.45) is 3.55. The van der Waals surface area contributed by atoms with Crippen molar-refractivity contribution in [2.75, 3.05) is 25.0 Å². The van der Waals surface area contributed by atoms with Crippen molar-refractivity contribution in [2.45, 2.75) is 25.7 Å². The van der Waals surface area contributed by atoms with Gasteiger partial charge in [0.2, 0.25) is 5.91 Å². The first-order valence-electron chi connectivity index (χ1n) is 8.62. The number of amidine groups is 1. The Morgan fingerprint density at radius 3 is 2.64 bits per heavy atom. The molecule has 1 aromatic carbocycles. The van der Waals surface area contributed by atoms with Crippen LogP contribution >= 0.6 is 11.3 Å². The number of nitrogens with zero attached hydrogens (tertiary/aromatic N) is 1. The number of nitrogens with one attached hydrogen (secondary N) is 2. The lowest BCUT2D eigenvalue weighted by molar-refractivity contribution is -0.130. The summed E-state index contributed by atoms with van der Waals surface area (Å²) >= 11 is 1.54. The molecular weight excluding hydrogens is 334 g/mol. The Morgan fingerprint density at radius 1 is 1.20 bits per heavy atom. The molecule has 0 unspecified atom stereocenters. The van der Waals surface area contributed by atoms with Crippen LogP contribution in [0.4, 0.5) is 5.69 Å². The van der Waals surface area contributed by atoms with Crippen molar-refractivity contribution in [3.63, 3.8) is 0 Å². The third-order valence-corrected chi connectivity index (χ3v) is 5.04. The Hall–Kier alpha value is -2.34. The topological polar surface area (TPSA) is 65.4 Å². The largest absolute Gasteiger partial charge is 0.494 e. The van der Waals surface area contributed by atoms with Crippen LogP contribution in [0, 0.1) is 5.41 Å². The van der Waals surface area contributed by atoms with Crippen LogP contribution in [0.5, 0.6) is 5.75 Å². The van der Waals surface area contributed by atoms with Gasteiger partial charge in [-0.3, -0.25) is 10.2 Å². The molecule has 1 aliphatic rings. The van der Waals surface area contributed by atoms with Crippen LogP contribution < -0.4 is 10.1 Å². The Balaban J connectivity index is 1.38. The summed E-state index contributed by atoms with van der Waals surface area (Å²) in [5.41, 5.74) is 0.856. The van der Waals surface area contributed by atoms with E-state index in [-0.39, 0.29) is 5.91 Å². The first kappa shape index (κ1) is 17.5. The molecule has 0 spiro atoms. The summed E-state index contributed by atoms with van der Waals surface area (Å²) in [6, 6.07) is 11.4. The van der Waals surface area contributed by atoms with Crippen molar-refractivity contribution in [2.24, 2.45) is 0 Å². The molecule has 1 fully saturated rings. The standard InChI is InChI=1S/C19H23N3O2S/c20-19(17-5-4-14-25-17)21-15-7-9-16(10-8-15)24-13-3-6-18(23)22-11-1-2-12-22/h4-5,7-10,14H,1-3,6,11-13H2,(H2,20,21). The minimum absolute atomic E-state index is 0.243. The zero-order chi connectivity index (χ0) is 17.5. The molecule has 0 saturated carbocycles. The highest BCUT2D eigenvalue weighted by atomic mass is 32.1. The van der Waals surface area contributed by atoms with Gasteiger partial charge in [-0.1, -0.05) is 6.07 Å². The van der Waals surface area contributed by atoms with Gasteiger partial charge in [-0.2, -0.15) is 0 Å². The number of carbonyl (C=O) groups is 1. The monoisotopic (exact) mass is 357 g/mol. The van der Waals surface area contributed by atoms with Gasteiger partial charge in [0.1, 0.15) is 11.6 Å². The normalized spacial score (nSPS) is 13.7.